The number of rotatable bonds is 7. The molecule has 11 heteroatoms. The Labute approximate surface area is 137 Å². The molecule has 0 bridgehead atoms. The average Bonchev–Trinajstić information content (AvgIpc) is 2.44. The van der Waals surface area contributed by atoms with Gasteiger partial charge in [0.2, 0.25) is 10.0 Å². The molecule has 1 rings (SSSR count). The lowest BCUT2D eigenvalue weighted by Gasteiger charge is -2.14. The smallest absolute Gasteiger partial charge is 0.405 e. The van der Waals surface area contributed by atoms with Gasteiger partial charge in [-0.25, -0.2) is 17.5 Å². The van der Waals surface area contributed by atoms with Gasteiger partial charge < -0.3 is 15.4 Å². The van der Waals surface area contributed by atoms with E-state index in [1.165, 1.54) is 32.3 Å². The third-order valence-electron chi connectivity index (χ3n) is 2.84. The number of halogens is 3. The van der Waals surface area contributed by atoms with Crippen LogP contribution in [0, 0.1) is 0 Å². The van der Waals surface area contributed by atoms with Gasteiger partial charge in [-0.2, -0.15) is 0 Å². The van der Waals surface area contributed by atoms with E-state index in [9.17, 15) is 26.4 Å². The van der Waals surface area contributed by atoms with Crippen molar-refractivity contribution in [3.8, 4) is 5.75 Å². The normalized spacial score (nSPS) is 12.1. The molecule has 1 aromatic carbocycles. The van der Waals surface area contributed by atoms with E-state index in [-0.39, 0.29) is 24.4 Å². The van der Waals surface area contributed by atoms with Crippen molar-refractivity contribution >= 4 is 16.1 Å². The van der Waals surface area contributed by atoms with Gasteiger partial charge in [0, 0.05) is 32.7 Å². The largest absolute Gasteiger partial charge is 0.573 e. The van der Waals surface area contributed by atoms with Gasteiger partial charge in [0.05, 0.1) is 5.75 Å². The molecule has 136 valence electrons. The van der Waals surface area contributed by atoms with E-state index in [4.69, 9.17) is 0 Å². The van der Waals surface area contributed by atoms with Crippen LogP contribution in [-0.2, 0) is 16.6 Å². The molecule has 0 aliphatic rings. The fourth-order valence-corrected chi connectivity index (χ4v) is 2.31. The molecular weight excluding hydrogens is 351 g/mol. The highest BCUT2D eigenvalue weighted by atomic mass is 32.2. The molecule has 0 aliphatic heterocycles. The van der Waals surface area contributed by atoms with Crippen molar-refractivity contribution in [1.29, 1.82) is 0 Å². The van der Waals surface area contributed by atoms with E-state index in [0.29, 0.717) is 0 Å². The summed E-state index contributed by atoms with van der Waals surface area (Å²) in [6, 6.07) is 4.67. The lowest BCUT2D eigenvalue weighted by Crippen LogP contribution is -2.39. The highest BCUT2D eigenvalue weighted by Crippen LogP contribution is 2.25. The van der Waals surface area contributed by atoms with Gasteiger partial charge in [0.1, 0.15) is 5.75 Å². The number of carbonyl (C=O) groups excluding carboxylic acids is 1. The maximum atomic E-state index is 12.3. The molecule has 0 aromatic heterocycles. The molecular formula is C13H18F3N3O4S. The molecule has 0 radical (unpaired) electrons. The number of para-hydroxylation sites is 1. The molecule has 2 N–H and O–H groups in total. The van der Waals surface area contributed by atoms with Crippen molar-refractivity contribution in [3.63, 3.8) is 0 Å². The predicted octanol–water partition coefficient (Wildman–Crippen LogP) is 1.28. The Balaban J connectivity index is 2.51. The SMILES string of the molecule is CN(C)S(=O)(=O)CCNC(=O)NCc1ccccc1OC(F)(F)F. The molecule has 1 aromatic rings. The summed E-state index contributed by atoms with van der Waals surface area (Å²) in [6.07, 6.45) is -4.83. The zero-order valence-corrected chi connectivity index (χ0v) is 13.9. The highest BCUT2D eigenvalue weighted by molar-refractivity contribution is 7.89. The van der Waals surface area contributed by atoms with Crippen molar-refractivity contribution in [2.24, 2.45) is 0 Å². The van der Waals surface area contributed by atoms with E-state index in [2.05, 4.69) is 15.4 Å². The van der Waals surface area contributed by atoms with Crippen LogP contribution in [0.2, 0.25) is 0 Å². The van der Waals surface area contributed by atoms with Crippen LogP contribution >= 0.6 is 0 Å². The summed E-state index contributed by atoms with van der Waals surface area (Å²) < 4.78 is 64.7. The number of nitrogens with zero attached hydrogens (tertiary/aromatic N) is 1. The second-order valence-electron chi connectivity index (χ2n) is 4.86. The molecule has 0 spiro atoms. The molecule has 2 amide bonds. The number of carbonyl (C=O) groups is 1. The van der Waals surface area contributed by atoms with E-state index >= 15 is 0 Å². The Hall–Kier alpha value is -2.01. The predicted molar refractivity (Wildman–Crippen MR) is 80.8 cm³/mol. The first-order valence-electron chi connectivity index (χ1n) is 6.77. The number of nitrogens with one attached hydrogen (secondary N) is 2. The third kappa shape index (κ3) is 7.04. The van der Waals surface area contributed by atoms with Crippen molar-refractivity contribution in [3.05, 3.63) is 29.8 Å². The number of ether oxygens (including phenoxy) is 1. The van der Waals surface area contributed by atoms with Gasteiger partial charge in [-0.15, -0.1) is 13.2 Å². The summed E-state index contributed by atoms with van der Waals surface area (Å²) in [7, 11) is -0.706. The topological polar surface area (TPSA) is 87.7 Å². The second kappa shape index (κ2) is 8.20. The number of hydrogen-bond donors (Lipinski definition) is 2. The van der Waals surface area contributed by atoms with Crippen LogP contribution in [0.3, 0.4) is 0 Å². The molecule has 0 saturated carbocycles. The minimum atomic E-state index is -4.83. The van der Waals surface area contributed by atoms with Crippen LogP contribution in [-0.4, -0.2) is 51.5 Å². The maximum absolute atomic E-state index is 12.3. The molecule has 24 heavy (non-hydrogen) atoms. The minimum absolute atomic E-state index is 0.130. The summed E-state index contributed by atoms with van der Waals surface area (Å²) in [6.45, 7) is -0.342. The van der Waals surface area contributed by atoms with Crippen molar-refractivity contribution in [2.75, 3.05) is 26.4 Å². The van der Waals surface area contributed by atoms with Crippen LogP contribution < -0.4 is 15.4 Å². The summed E-state index contributed by atoms with van der Waals surface area (Å²) in [5.41, 5.74) is 0.130. The lowest BCUT2D eigenvalue weighted by atomic mass is 10.2. The third-order valence-corrected chi connectivity index (χ3v) is 4.67. The molecule has 0 atom stereocenters. The van der Waals surface area contributed by atoms with E-state index in [0.717, 1.165) is 10.4 Å². The van der Waals surface area contributed by atoms with Gasteiger partial charge in [-0.1, -0.05) is 18.2 Å². The average molecular weight is 369 g/mol. The van der Waals surface area contributed by atoms with Gasteiger partial charge >= 0.3 is 12.4 Å². The fraction of sp³-hybridized carbons (Fsp3) is 0.462. The second-order valence-corrected chi connectivity index (χ2v) is 7.17. The summed E-state index contributed by atoms with van der Waals surface area (Å²) in [5, 5.41) is 4.65. The molecule has 0 unspecified atom stereocenters. The molecule has 0 saturated heterocycles. The van der Waals surface area contributed by atoms with Crippen LogP contribution in [0.1, 0.15) is 5.56 Å². The van der Waals surface area contributed by atoms with Crippen LogP contribution in [0.4, 0.5) is 18.0 Å². The Morgan fingerprint density at radius 2 is 1.83 bits per heavy atom. The summed E-state index contributed by atoms with van der Waals surface area (Å²) >= 11 is 0. The number of sulfonamides is 1. The quantitative estimate of drug-likeness (QED) is 0.758. The standard InChI is InChI=1S/C13H18F3N3O4S/c1-19(2)24(21,22)8-7-17-12(20)18-9-10-5-3-4-6-11(10)23-13(14,15)16/h3-6H,7-9H2,1-2H3,(H2,17,18,20). The van der Waals surface area contributed by atoms with Crippen LogP contribution in [0.25, 0.3) is 0 Å². The first-order chi connectivity index (χ1) is 11.0. The van der Waals surface area contributed by atoms with E-state index in [1.807, 2.05) is 0 Å². The van der Waals surface area contributed by atoms with Crippen molar-refractivity contribution in [2.45, 2.75) is 12.9 Å². The van der Waals surface area contributed by atoms with Gasteiger partial charge in [-0.05, 0) is 6.07 Å². The molecule has 0 heterocycles. The summed E-state index contributed by atoms with van der Waals surface area (Å²) in [4.78, 5) is 11.6. The zero-order valence-electron chi connectivity index (χ0n) is 13.1. The molecule has 7 nitrogen and oxygen atoms in total. The number of amides is 2. The lowest BCUT2D eigenvalue weighted by molar-refractivity contribution is -0.274. The first kappa shape index (κ1) is 20.0. The minimum Gasteiger partial charge on any atom is -0.405 e. The Kier molecular flexibility index (Phi) is 6.84. The number of hydrogen-bond acceptors (Lipinski definition) is 4. The number of alkyl halides is 3. The zero-order chi connectivity index (χ0) is 18.4. The van der Waals surface area contributed by atoms with E-state index in [1.54, 1.807) is 0 Å². The van der Waals surface area contributed by atoms with Gasteiger partial charge in [0.15, 0.2) is 0 Å². The Bertz CT molecular complexity index is 663. The Morgan fingerprint density at radius 1 is 1.21 bits per heavy atom. The fourth-order valence-electron chi connectivity index (χ4n) is 1.59. The molecule has 0 aliphatic carbocycles. The molecule has 0 fully saturated rings. The number of urea groups is 1. The Morgan fingerprint density at radius 3 is 2.42 bits per heavy atom. The van der Waals surface area contributed by atoms with Crippen LogP contribution in [0.5, 0.6) is 5.75 Å². The monoisotopic (exact) mass is 369 g/mol. The first-order valence-corrected chi connectivity index (χ1v) is 8.38. The number of benzene rings is 1. The van der Waals surface area contributed by atoms with E-state index < -0.39 is 28.2 Å². The highest BCUT2D eigenvalue weighted by Gasteiger charge is 2.31. The van der Waals surface area contributed by atoms with Crippen LogP contribution in [0.15, 0.2) is 24.3 Å². The van der Waals surface area contributed by atoms with Crippen molar-refractivity contribution in [1.82, 2.24) is 14.9 Å². The van der Waals surface area contributed by atoms with Crippen molar-refractivity contribution < 1.29 is 31.1 Å². The van der Waals surface area contributed by atoms with Gasteiger partial charge in [-0.3, -0.25) is 0 Å². The van der Waals surface area contributed by atoms with Gasteiger partial charge in [0.25, 0.3) is 0 Å². The maximum Gasteiger partial charge on any atom is 0.573 e. The summed E-state index contributed by atoms with van der Waals surface area (Å²) in [5.74, 6) is -0.707.